The molecule has 0 spiro atoms. The van der Waals surface area contributed by atoms with Crippen LogP contribution in [0.15, 0.2) is 12.2 Å². The van der Waals surface area contributed by atoms with Crippen molar-refractivity contribution < 1.29 is 15.0 Å². The van der Waals surface area contributed by atoms with Crippen LogP contribution in [-0.2, 0) is 4.79 Å². The second kappa shape index (κ2) is 6.33. The molecule has 2 rings (SSSR count). The van der Waals surface area contributed by atoms with E-state index in [1.54, 1.807) is 0 Å². The van der Waals surface area contributed by atoms with Crippen LogP contribution in [0.4, 0.5) is 0 Å². The molecule has 23 heavy (non-hydrogen) atoms. The van der Waals surface area contributed by atoms with Crippen LogP contribution in [0.5, 0.6) is 0 Å². The lowest BCUT2D eigenvalue weighted by atomic mass is 9.44. The standard InChI is InChI=1S/C20H34O3/c1-6-14(2)7-9-16-15(3)8-10-17-18(4,5)11-12-20(22,23)19(16,17)13-21/h7,9,13-17,22-23H,6,8,10-12H2,1-5H3/b9-7-/t14-,15+,16+,17+,19-/m1/s1. The molecule has 0 amide bonds. The molecule has 2 N–H and O–H groups in total. The van der Waals surface area contributed by atoms with Gasteiger partial charge in [0.15, 0.2) is 5.79 Å². The van der Waals surface area contributed by atoms with Crippen LogP contribution in [0.3, 0.4) is 0 Å². The summed E-state index contributed by atoms with van der Waals surface area (Å²) in [6.07, 6.45) is 9.16. The fourth-order valence-electron chi connectivity index (χ4n) is 5.07. The van der Waals surface area contributed by atoms with Crippen molar-refractivity contribution in [2.24, 2.45) is 34.5 Å². The van der Waals surface area contributed by atoms with E-state index >= 15 is 0 Å². The molecule has 2 aliphatic carbocycles. The highest BCUT2D eigenvalue weighted by atomic mass is 16.5. The Labute approximate surface area is 141 Å². The van der Waals surface area contributed by atoms with Gasteiger partial charge in [-0.15, -0.1) is 0 Å². The number of allylic oxidation sites excluding steroid dienone is 2. The predicted molar refractivity (Wildman–Crippen MR) is 92.7 cm³/mol. The summed E-state index contributed by atoms with van der Waals surface area (Å²) >= 11 is 0. The largest absolute Gasteiger partial charge is 0.365 e. The van der Waals surface area contributed by atoms with E-state index in [9.17, 15) is 15.0 Å². The molecule has 132 valence electrons. The van der Waals surface area contributed by atoms with Crippen LogP contribution in [0, 0.1) is 34.5 Å². The zero-order valence-corrected chi connectivity index (χ0v) is 15.4. The molecule has 2 fully saturated rings. The molecule has 0 saturated heterocycles. The van der Waals surface area contributed by atoms with Crippen molar-refractivity contribution in [1.29, 1.82) is 0 Å². The normalized spacial score (nSPS) is 40.6. The van der Waals surface area contributed by atoms with Crippen LogP contribution in [0.1, 0.15) is 66.7 Å². The summed E-state index contributed by atoms with van der Waals surface area (Å²) in [4.78, 5) is 12.3. The molecule has 0 aromatic rings. The first kappa shape index (κ1) is 18.7. The summed E-state index contributed by atoms with van der Waals surface area (Å²) in [6, 6.07) is 0. The molecule has 0 aliphatic heterocycles. The quantitative estimate of drug-likeness (QED) is 0.468. The maximum atomic E-state index is 12.3. The number of hydrogen-bond donors (Lipinski definition) is 2. The van der Waals surface area contributed by atoms with E-state index in [4.69, 9.17) is 0 Å². The van der Waals surface area contributed by atoms with Gasteiger partial charge in [0.1, 0.15) is 6.29 Å². The van der Waals surface area contributed by atoms with E-state index in [1.807, 2.05) is 0 Å². The van der Waals surface area contributed by atoms with Crippen molar-refractivity contribution in [3.8, 4) is 0 Å². The Bertz CT molecular complexity index is 466. The van der Waals surface area contributed by atoms with E-state index < -0.39 is 11.2 Å². The van der Waals surface area contributed by atoms with Gasteiger partial charge in [0.2, 0.25) is 0 Å². The smallest absolute Gasteiger partial charge is 0.175 e. The summed E-state index contributed by atoms with van der Waals surface area (Å²) < 4.78 is 0. The van der Waals surface area contributed by atoms with Gasteiger partial charge in [-0.3, -0.25) is 0 Å². The molecule has 0 radical (unpaired) electrons. The van der Waals surface area contributed by atoms with Crippen molar-refractivity contribution in [2.75, 3.05) is 0 Å². The number of carbonyl (C=O) groups is 1. The molecule has 0 unspecified atom stereocenters. The number of hydrogen-bond acceptors (Lipinski definition) is 3. The first-order chi connectivity index (χ1) is 10.6. The molecular formula is C20H34O3. The molecule has 0 heterocycles. The summed E-state index contributed by atoms with van der Waals surface area (Å²) in [7, 11) is 0. The summed E-state index contributed by atoms with van der Waals surface area (Å²) in [5.74, 6) is -1.28. The Balaban J connectivity index is 2.53. The highest BCUT2D eigenvalue weighted by Crippen LogP contribution is 2.63. The molecule has 0 aromatic carbocycles. The van der Waals surface area contributed by atoms with Crippen LogP contribution in [0.2, 0.25) is 0 Å². The molecular weight excluding hydrogens is 288 g/mol. The van der Waals surface area contributed by atoms with Crippen LogP contribution in [0.25, 0.3) is 0 Å². The van der Waals surface area contributed by atoms with Gasteiger partial charge in [0.05, 0.1) is 5.41 Å². The fourth-order valence-corrected chi connectivity index (χ4v) is 5.07. The van der Waals surface area contributed by atoms with Crippen LogP contribution in [-0.4, -0.2) is 22.3 Å². The number of aldehydes is 1. The minimum absolute atomic E-state index is 0.0130. The highest BCUT2D eigenvalue weighted by molar-refractivity contribution is 5.64. The Morgan fingerprint density at radius 1 is 1.22 bits per heavy atom. The van der Waals surface area contributed by atoms with Gasteiger partial charge >= 0.3 is 0 Å². The van der Waals surface area contributed by atoms with E-state index in [-0.39, 0.29) is 29.6 Å². The van der Waals surface area contributed by atoms with Crippen molar-refractivity contribution in [3.05, 3.63) is 12.2 Å². The van der Waals surface area contributed by atoms with E-state index in [0.29, 0.717) is 5.92 Å². The van der Waals surface area contributed by atoms with Crippen molar-refractivity contribution >= 4 is 6.29 Å². The zero-order chi connectivity index (χ0) is 17.5. The number of rotatable bonds is 4. The number of aliphatic hydroxyl groups is 2. The van der Waals surface area contributed by atoms with Gasteiger partial charge in [0.25, 0.3) is 0 Å². The lowest BCUT2D eigenvalue weighted by molar-refractivity contribution is -0.304. The monoisotopic (exact) mass is 322 g/mol. The minimum Gasteiger partial charge on any atom is -0.365 e. The average molecular weight is 322 g/mol. The SMILES string of the molecule is CC[C@@H](C)/C=C\[C@H]1[C@@H](C)CC[C@H]2C(C)(C)CCC(O)(O)[C@]12C=O. The van der Waals surface area contributed by atoms with E-state index in [1.165, 1.54) is 0 Å². The van der Waals surface area contributed by atoms with Gasteiger partial charge in [-0.2, -0.15) is 0 Å². The predicted octanol–water partition coefficient (Wildman–Crippen LogP) is 3.94. The topological polar surface area (TPSA) is 57.5 Å². The molecule has 2 aliphatic rings. The van der Waals surface area contributed by atoms with Crippen molar-refractivity contribution in [1.82, 2.24) is 0 Å². The number of carbonyl (C=O) groups excluding carboxylic acids is 1. The third kappa shape index (κ3) is 2.91. The van der Waals surface area contributed by atoms with Crippen LogP contribution < -0.4 is 0 Å². The third-order valence-corrected chi connectivity index (χ3v) is 6.89. The van der Waals surface area contributed by atoms with Crippen molar-refractivity contribution in [2.45, 2.75) is 72.5 Å². The Morgan fingerprint density at radius 3 is 2.43 bits per heavy atom. The second-order valence-corrected chi connectivity index (χ2v) is 8.76. The first-order valence-electron chi connectivity index (χ1n) is 9.21. The third-order valence-electron chi connectivity index (χ3n) is 6.89. The van der Waals surface area contributed by atoms with Gasteiger partial charge < -0.3 is 15.0 Å². The maximum absolute atomic E-state index is 12.3. The lowest BCUT2D eigenvalue weighted by Crippen LogP contribution is -2.66. The molecule has 3 heteroatoms. The molecule has 3 nitrogen and oxygen atoms in total. The summed E-state index contributed by atoms with van der Waals surface area (Å²) in [5, 5.41) is 21.7. The fraction of sp³-hybridized carbons (Fsp3) is 0.850. The highest BCUT2D eigenvalue weighted by Gasteiger charge is 2.66. The molecule has 0 aromatic heterocycles. The molecule has 0 bridgehead atoms. The zero-order valence-electron chi connectivity index (χ0n) is 15.4. The van der Waals surface area contributed by atoms with Gasteiger partial charge in [0, 0.05) is 6.42 Å². The lowest BCUT2D eigenvalue weighted by Gasteiger charge is -2.61. The van der Waals surface area contributed by atoms with Gasteiger partial charge in [-0.05, 0) is 48.3 Å². The maximum Gasteiger partial charge on any atom is 0.175 e. The van der Waals surface area contributed by atoms with Crippen molar-refractivity contribution in [3.63, 3.8) is 0 Å². The summed E-state index contributed by atoms with van der Waals surface area (Å²) in [5.41, 5.74) is -1.13. The second-order valence-electron chi connectivity index (χ2n) is 8.76. The Hall–Kier alpha value is -0.670. The number of fused-ring (bicyclic) bond motifs is 1. The van der Waals surface area contributed by atoms with E-state index in [0.717, 1.165) is 32.0 Å². The van der Waals surface area contributed by atoms with Gasteiger partial charge in [-0.25, -0.2) is 0 Å². The summed E-state index contributed by atoms with van der Waals surface area (Å²) in [6.45, 7) is 10.8. The minimum atomic E-state index is -1.91. The first-order valence-corrected chi connectivity index (χ1v) is 9.21. The molecule has 2 saturated carbocycles. The van der Waals surface area contributed by atoms with E-state index in [2.05, 4.69) is 46.8 Å². The van der Waals surface area contributed by atoms with Gasteiger partial charge in [-0.1, -0.05) is 53.2 Å². The molecule has 5 atom stereocenters. The Kier molecular flexibility index (Phi) is 5.13. The average Bonchev–Trinajstić information content (AvgIpc) is 2.49. The Morgan fingerprint density at radius 2 is 1.87 bits per heavy atom. The van der Waals surface area contributed by atoms with Crippen LogP contribution >= 0.6 is 0 Å².